The molecule has 0 heterocycles. The summed E-state index contributed by atoms with van der Waals surface area (Å²) in [5.74, 6) is 2.05. The zero-order valence-electron chi connectivity index (χ0n) is 8.15. The minimum absolute atomic E-state index is 0.489. The van der Waals surface area contributed by atoms with E-state index in [2.05, 4.69) is 0 Å². The molecule has 8 N–H and O–H groups in total. The van der Waals surface area contributed by atoms with E-state index in [4.69, 9.17) is 22.9 Å². The number of nitrogens with two attached hydrogens (primary N) is 4. The van der Waals surface area contributed by atoms with Crippen molar-refractivity contribution in [1.82, 2.24) is 0 Å². The fourth-order valence-electron chi connectivity index (χ4n) is 2.71. The molecule has 0 aliphatic heterocycles. The fraction of sp³-hybridized carbons (Fsp3) is 1.00. The molecule has 1 saturated carbocycles. The van der Waals surface area contributed by atoms with Gasteiger partial charge in [0.15, 0.2) is 0 Å². The van der Waals surface area contributed by atoms with Gasteiger partial charge in [-0.3, -0.25) is 0 Å². The molecule has 0 amide bonds. The van der Waals surface area contributed by atoms with Crippen molar-refractivity contribution in [3.63, 3.8) is 0 Å². The maximum atomic E-state index is 5.73. The lowest BCUT2D eigenvalue weighted by Crippen LogP contribution is -2.34. The molecular weight excluding hydrogens is 164 g/mol. The van der Waals surface area contributed by atoms with Gasteiger partial charge in [-0.25, -0.2) is 0 Å². The second-order valence-corrected chi connectivity index (χ2v) is 4.03. The SMILES string of the molecule is NC[C@@H]1C[C@@H](CN)[C@@H](CN)[C@@H]1CN. The lowest BCUT2D eigenvalue weighted by molar-refractivity contribution is 0.301. The van der Waals surface area contributed by atoms with Crippen molar-refractivity contribution >= 4 is 0 Å². The van der Waals surface area contributed by atoms with E-state index in [1.807, 2.05) is 0 Å². The summed E-state index contributed by atoms with van der Waals surface area (Å²) in [5, 5.41) is 0. The Bertz CT molecular complexity index is 135. The van der Waals surface area contributed by atoms with Crippen LogP contribution in [-0.2, 0) is 0 Å². The van der Waals surface area contributed by atoms with Crippen LogP contribution in [0.1, 0.15) is 6.42 Å². The molecule has 78 valence electrons. The van der Waals surface area contributed by atoms with Gasteiger partial charge in [-0.2, -0.15) is 0 Å². The monoisotopic (exact) mass is 186 g/mol. The molecule has 0 aromatic rings. The summed E-state index contributed by atoms with van der Waals surface area (Å²) < 4.78 is 0. The molecule has 0 spiro atoms. The van der Waals surface area contributed by atoms with E-state index in [9.17, 15) is 0 Å². The van der Waals surface area contributed by atoms with E-state index in [-0.39, 0.29) is 0 Å². The second kappa shape index (κ2) is 4.91. The predicted molar refractivity (Wildman–Crippen MR) is 54.8 cm³/mol. The molecule has 0 unspecified atom stereocenters. The van der Waals surface area contributed by atoms with Gasteiger partial charge in [0.2, 0.25) is 0 Å². The van der Waals surface area contributed by atoms with Crippen LogP contribution >= 0.6 is 0 Å². The van der Waals surface area contributed by atoms with Crippen LogP contribution in [0.15, 0.2) is 0 Å². The van der Waals surface area contributed by atoms with Gasteiger partial charge in [-0.1, -0.05) is 0 Å². The second-order valence-electron chi connectivity index (χ2n) is 4.03. The van der Waals surface area contributed by atoms with Crippen molar-refractivity contribution in [3.8, 4) is 0 Å². The van der Waals surface area contributed by atoms with Crippen LogP contribution in [0.3, 0.4) is 0 Å². The maximum Gasteiger partial charge on any atom is -0.00425 e. The molecule has 1 aliphatic carbocycles. The molecule has 0 saturated heterocycles. The molecular formula is C9H22N4. The predicted octanol–water partition coefficient (Wildman–Crippen LogP) is -1.31. The molecule has 1 fully saturated rings. The summed E-state index contributed by atoms with van der Waals surface area (Å²) in [7, 11) is 0. The Morgan fingerprint density at radius 1 is 0.692 bits per heavy atom. The summed E-state index contributed by atoms with van der Waals surface area (Å²) in [6.07, 6.45) is 1.11. The number of hydrogen-bond acceptors (Lipinski definition) is 4. The van der Waals surface area contributed by atoms with Gasteiger partial charge in [0.25, 0.3) is 0 Å². The molecule has 0 aromatic carbocycles. The van der Waals surface area contributed by atoms with Crippen molar-refractivity contribution in [2.75, 3.05) is 26.2 Å². The average molecular weight is 186 g/mol. The first kappa shape index (κ1) is 10.9. The fourth-order valence-corrected chi connectivity index (χ4v) is 2.71. The lowest BCUT2D eigenvalue weighted by atomic mass is 9.87. The molecule has 0 radical (unpaired) electrons. The highest BCUT2D eigenvalue weighted by Gasteiger charge is 2.39. The van der Waals surface area contributed by atoms with Crippen LogP contribution < -0.4 is 22.9 Å². The van der Waals surface area contributed by atoms with Crippen molar-refractivity contribution in [1.29, 1.82) is 0 Å². The molecule has 4 heteroatoms. The quantitative estimate of drug-likeness (QED) is 0.437. The Morgan fingerprint density at radius 3 is 1.31 bits per heavy atom. The highest BCUT2D eigenvalue weighted by molar-refractivity contribution is 4.92. The largest absolute Gasteiger partial charge is 0.330 e. The van der Waals surface area contributed by atoms with Gasteiger partial charge in [0, 0.05) is 0 Å². The molecule has 0 aromatic heterocycles. The third kappa shape index (κ3) is 2.02. The van der Waals surface area contributed by atoms with Gasteiger partial charge >= 0.3 is 0 Å². The van der Waals surface area contributed by atoms with Gasteiger partial charge in [-0.15, -0.1) is 0 Å². The minimum atomic E-state index is 0.489. The highest BCUT2D eigenvalue weighted by Crippen LogP contribution is 2.39. The van der Waals surface area contributed by atoms with Crippen LogP contribution in [0.25, 0.3) is 0 Å². The normalized spacial score (nSPS) is 39.7. The standard InChI is InChI=1S/C9H22N4/c10-2-6-1-7(3-11)9(5-13)8(6)4-12/h6-9H,1-5,10-13H2/t6-,7-,8+,9+/m0/s1. The van der Waals surface area contributed by atoms with Crippen molar-refractivity contribution in [2.24, 2.45) is 46.6 Å². The minimum Gasteiger partial charge on any atom is -0.330 e. The van der Waals surface area contributed by atoms with E-state index < -0.39 is 0 Å². The van der Waals surface area contributed by atoms with Crippen LogP contribution in [0.5, 0.6) is 0 Å². The van der Waals surface area contributed by atoms with Crippen molar-refractivity contribution in [2.45, 2.75) is 6.42 Å². The summed E-state index contributed by atoms with van der Waals surface area (Å²) in [6, 6.07) is 0. The zero-order chi connectivity index (χ0) is 9.84. The van der Waals surface area contributed by atoms with E-state index in [1.54, 1.807) is 0 Å². The first-order valence-corrected chi connectivity index (χ1v) is 5.08. The Hall–Kier alpha value is -0.160. The summed E-state index contributed by atoms with van der Waals surface area (Å²) in [6.45, 7) is 2.82. The number of rotatable bonds is 4. The van der Waals surface area contributed by atoms with Gasteiger partial charge in [-0.05, 0) is 56.3 Å². The Labute approximate surface area is 80.0 Å². The van der Waals surface area contributed by atoms with Gasteiger partial charge in [0.05, 0.1) is 0 Å². The maximum absolute atomic E-state index is 5.73. The number of hydrogen-bond donors (Lipinski definition) is 4. The third-order valence-corrected chi connectivity index (χ3v) is 3.52. The van der Waals surface area contributed by atoms with Crippen LogP contribution in [-0.4, -0.2) is 26.2 Å². The van der Waals surface area contributed by atoms with E-state index >= 15 is 0 Å². The van der Waals surface area contributed by atoms with Crippen molar-refractivity contribution < 1.29 is 0 Å². The van der Waals surface area contributed by atoms with E-state index in [0.29, 0.717) is 36.8 Å². The van der Waals surface area contributed by atoms with E-state index in [0.717, 1.165) is 19.5 Å². The van der Waals surface area contributed by atoms with Gasteiger partial charge in [0.1, 0.15) is 0 Å². The molecule has 4 nitrogen and oxygen atoms in total. The Kier molecular flexibility index (Phi) is 4.12. The van der Waals surface area contributed by atoms with E-state index in [1.165, 1.54) is 0 Å². The smallest absolute Gasteiger partial charge is 0.00425 e. The van der Waals surface area contributed by atoms with Crippen LogP contribution in [0, 0.1) is 23.7 Å². The molecule has 13 heavy (non-hydrogen) atoms. The Morgan fingerprint density at radius 2 is 1.08 bits per heavy atom. The molecule has 4 atom stereocenters. The summed E-state index contributed by atoms with van der Waals surface area (Å²) in [4.78, 5) is 0. The molecule has 0 bridgehead atoms. The lowest BCUT2D eigenvalue weighted by Gasteiger charge is -2.23. The summed E-state index contributed by atoms with van der Waals surface area (Å²) >= 11 is 0. The first-order valence-electron chi connectivity index (χ1n) is 5.08. The molecule has 1 rings (SSSR count). The average Bonchev–Trinajstić information content (AvgIpc) is 2.54. The van der Waals surface area contributed by atoms with Crippen LogP contribution in [0.2, 0.25) is 0 Å². The van der Waals surface area contributed by atoms with Crippen LogP contribution in [0.4, 0.5) is 0 Å². The van der Waals surface area contributed by atoms with Crippen molar-refractivity contribution in [3.05, 3.63) is 0 Å². The zero-order valence-corrected chi connectivity index (χ0v) is 8.15. The Balaban J connectivity index is 2.65. The molecule has 1 aliphatic rings. The summed E-state index contributed by atoms with van der Waals surface area (Å²) in [5.41, 5.74) is 22.9. The first-order chi connectivity index (χ1) is 6.28. The third-order valence-electron chi connectivity index (χ3n) is 3.52. The van der Waals surface area contributed by atoms with Gasteiger partial charge < -0.3 is 22.9 Å². The highest BCUT2D eigenvalue weighted by atomic mass is 14.7. The topological polar surface area (TPSA) is 104 Å².